The highest BCUT2D eigenvalue weighted by Gasteiger charge is 2.52. The lowest BCUT2D eigenvalue weighted by Gasteiger charge is -2.14. The predicted molar refractivity (Wildman–Crippen MR) is 42.8 cm³/mol. The van der Waals surface area contributed by atoms with E-state index in [4.69, 9.17) is 16.3 Å². The molecule has 0 spiro atoms. The van der Waals surface area contributed by atoms with Gasteiger partial charge in [-0.15, -0.1) is 11.6 Å². The van der Waals surface area contributed by atoms with Gasteiger partial charge in [0.05, 0.1) is 18.1 Å². The lowest BCUT2D eigenvalue weighted by Crippen LogP contribution is -2.28. The maximum Gasteiger partial charge on any atom is 0.0746 e. The van der Waals surface area contributed by atoms with Crippen molar-refractivity contribution in [3.8, 4) is 0 Å². The van der Waals surface area contributed by atoms with Crippen molar-refractivity contribution in [1.82, 2.24) is 4.90 Å². The summed E-state index contributed by atoms with van der Waals surface area (Å²) in [6.45, 7) is 3.20. The van der Waals surface area contributed by atoms with Crippen LogP contribution in [0.3, 0.4) is 0 Å². The average Bonchev–Trinajstić information content (AvgIpc) is 2.53. The van der Waals surface area contributed by atoms with E-state index in [0.29, 0.717) is 23.4 Å². The number of halogens is 1. The molecule has 62 valence electrons. The molecule has 3 rings (SSSR count). The monoisotopic (exact) mass is 173 g/mol. The maximum atomic E-state index is 6.19. The fourth-order valence-electron chi connectivity index (χ4n) is 2.80. The third-order valence-electron chi connectivity index (χ3n) is 3.32. The predicted octanol–water partition coefficient (Wildman–Crippen LogP) is 0.697. The molecule has 3 aliphatic heterocycles. The van der Waals surface area contributed by atoms with Crippen LogP contribution in [0.15, 0.2) is 0 Å². The average molecular weight is 174 g/mol. The lowest BCUT2D eigenvalue weighted by molar-refractivity contribution is 0.101. The normalized spacial score (nSPS) is 55.4. The third kappa shape index (κ3) is 0.754. The van der Waals surface area contributed by atoms with Gasteiger partial charge in [-0.1, -0.05) is 0 Å². The summed E-state index contributed by atoms with van der Waals surface area (Å²) in [6.07, 6.45) is 1.74. The number of ether oxygens (including phenoxy) is 1. The molecule has 0 aromatic rings. The molecule has 3 aliphatic rings. The summed E-state index contributed by atoms with van der Waals surface area (Å²) in [4.78, 5) is 2.50. The Labute approximate surface area is 71.5 Å². The third-order valence-corrected chi connectivity index (χ3v) is 3.78. The fraction of sp³-hybridized carbons (Fsp3) is 1.00. The van der Waals surface area contributed by atoms with Crippen molar-refractivity contribution in [3.05, 3.63) is 0 Å². The summed E-state index contributed by atoms with van der Waals surface area (Å²) >= 11 is 6.19. The summed E-state index contributed by atoms with van der Waals surface area (Å²) in [5, 5.41) is 0.352. The zero-order chi connectivity index (χ0) is 7.42. The number of hydrogen-bond acceptors (Lipinski definition) is 2. The van der Waals surface area contributed by atoms with Crippen LogP contribution in [0.4, 0.5) is 0 Å². The van der Waals surface area contributed by atoms with E-state index >= 15 is 0 Å². The fourth-order valence-corrected chi connectivity index (χ4v) is 3.20. The van der Waals surface area contributed by atoms with Gasteiger partial charge < -0.3 is 4.74 Å². The van der Waals surface area contributed by atoms with Crippen molar-refractivity contribution >= 4 is 11.6 Å². The van der Waals surface area contributed by atoms with E-state index in [0.717, 1.165) is 13.2 Å². The summed E-state index contributed by atoms with van der Waals surface area (Å²) in [5.74, 6) is 0.629. The molecule has 3 heteroatoms. The Morgan fingerprint density at radius 1 is 1.45 bits per heavy atom. The molecule has 0 bridgehead atoms. The summed E-state index contributed by atoms with van der Waals surface area (Å²) in [7, 11) is 0. The largest absolute Gasteiger partial charge is 0.376 e. The summed E-state index contributed by atoms with van der Waals surface area (Å²) in [6, 6.07) is 0.678. The van der Waals surface area contributed by atoms with E-state index in [-0.39, 0.29) is 0 Å². The quantitative estimate of drug-likeness (QED) is 0.500. The molecule has 3 saturated heterocycles. The molecular weight excluding hydrogens is 162 g/mol. The molecule has 0 aliphatic carbocycles. The van der Waals surface area contributed by atoms with Crippen LogP contribution >= 0.6 is 11.6 Å². The molecular formula is C8H12ClNO. The minimum Gasteiger partial charge on any atom is -0.376 e. The molecule has 0 saturated carbocycles. The van der Waals surface area contributed by atoms with E-state index in [1.165, 1.54) is 13.0 Å². The Morgan fingerprint density at radius 2 is 2.36 bits per heavy atom. The van der Waals surface area contributed by atoms with E-state index < -0.39 is 0 Å². The lowest BCUT2D eigenvalue weighted by atomic mass is 10.0. The molecule has 0 aromatic carbocycles. The van der Waals surface area contributed by atoms with E-state index in [1.807, 2.05) is 0 Å². The van der Waals surface area contributed by atoms with Gasteiger partial charge in [0.25, 0.3) is 0 Å². The van der Waals surface area contributed by atoms with Gasteiger partial charge in [0, 0.05) is 25.0 Å². The van der Waals surface area contributed by atoms with E-state index in [9.17, 15) is 0 Å². The van der Waals surface area contributed by atoms with Crippen LogP contribution in [0, 0.1) is 5.92 Å². The zero-order valence-corrected chi connectivity index (χ0v) is 7.13. The van der Waals surface area contributed by atoms with Crippen molar-refractivity contribution in [2.24, 2.45) is 5.92 Å². The van der Waals surface area contributed by atoms with E-state index in [2.05, 4.69) is 4.90 Å². The van der Waals surface area contributed by atoms with Crippen molar-refractivity contribution in [3.63, 3.8) is 0 Å². The molecule has 3 heterocycles. The molecule has 3 fully saturated rings. The van der Waals surface area contributed by atoms with Crippen molar-refractivity contribution in [2.75, 3.05) is 19.7 Å². The molecule has 0 radical (unpaired) electrons. The molecule has 11 heavy (non-hydrogen) atoms. The number of nitrogens with zero attached hydrogens (tertiary/aromatic N) is 1. The van der Waals surface area contributed by atoms with Gasteiger partial charge in [0.2, 0.25) is 0 Å². The molecule has 0 amide bonds. The maximum absolute atomic E-state index is 6.19. The SMILES string of the molecule is ClC1CN2CCC3OCC1C32. The minimum atomic E-state index is 0.352. The van der Waals surface area contributed by atoms with Crippen molar-refractivity contribution < 1.29 is 4.74 Å². The van der Waals surface area contributed by atoms with Gasteiger partial charge in [-0.25, -0.2) is 0 Å². The Bertz CT molecular complexity index is 187. The zero-order valence-electron chi connectivity index (χ0n) is 6.37. The number of hydrogen-bond donors (Lipinski definition) is 0. The van der Waals surface area contributed by atoms with Crippen molar-refractivity contribution in [1.29, 1.82) is 0 Å². The molecule has 4 unspecified atom stereocenters. The second-order valence-electron chi connectivity index (χ2n) is 3.83. The highest BCUT2D eigenvalue weighted by Crippen LogP contribution is 2.41. The molecule has 2 nitrogen and oxygen atoms in total. The van der Waals surface area contributed by atoms with Crippen LogP contribution in [0.5, 0.6) is 0 Å². The molecule has 0 aromatic heterocycles. The standard InChI is InChI=1S/C8H12ClNO/c9-6-3-10-2-1-7-8(10)5(6)4-11-7/h5-8H,1-4H2. The minimum absolute atomic E-state index is 0.352. The Balaban J connectivity index is 1.93. The summed E-state index contributed by atoms with van der Waals surface area (Å²) in [5.41, 5.74) is 0. The van der Waals surface area contributed by atoms with Gasteiger partial charge in [-0.2, -0.15) is 0 Å². The molecule has 0 N–H and O–H groups in total. The first-order valence-corrected chi connectivity index (χ1v) is 4.79. The van der Waals surface area contributed by atoms with Gasteiger partial charge in [0.1, 0.15) is 0 Å². The van der Waals surface area contributed by atoms with E-state index in [1.54, 1.807) is 0 Å². The first-order chi connectivity index (χ1) is 5.36. The Hall–Kier alpha value is 0.210. The first-order valence-electron chi connectivity index (χ1n) is 4.36. The van der Waals surface area contributed by atoms with Gasteiger partial charge in [-0.05, 0) is 6.42 Å². The molecule has 4 atom stereocenters. The number of rotatable bonds is 0. The highest BCUT2D eigenvalue weighted by atomic mass is 35.5. The van der Waals surface area contributed by atoms with Crippen LogP contribution in [0.25, 0.3) is 0 Å². The second kappa shape index (κ2) is 2.12. The van der Waals surface area contributed by atoms with Gasteiger partial charge >= 0.3 is 0 Å². The van der Waals surface area contributed by atoms with Gasteiger partial charge in [-0.3, -0.25) is 4.90 Å². The van der Waals surface area contributed by atoms with Crippen LogP contribution in [0.1, 0.15) is 6.42 Å². The van der Waals surface area contributed by atoms with Crippen LogP contribution < -0.4 is 0 Å². The Morgan fingerprint density at radius 3 is 3.27 bits per heavy atom. The van der Waals surface area contributed by atoms with Gasteiger partial charge in [0.15, 0.2) is 0 Å². The second-order valence-corrected chi connectivity index (χ2v) is 4.39. The topological polar surface area (TPSA) is 12.5 Å². The van der Waals surface area contributed by atoms with Crippen LogP contribution in [-0.2, 0) is 4.74 Å². The highest BCUT2D eigenvalue weighted by molar-refractivity contribution is 6.21. The first kappa shape index (κ1) is 6.70. The van der Waals surface area contributed by atoms with Crippen LogP contribution in [0.2, 0.25) is 0 Å². The Kier molecular flexibility index (Phi) is 1.29. The van der Waals surface area contributed by atoms with Crippen molar-refractivity contribution in [2.45, 2.75) is 23.9 Å². The smallest absolute Gasteiger partial charge is 0.0746 e. The van der Waals surface area contributed by atoms with Crippen LogP contribution in [-0.4, -0.2) is 42.1 Å². The number of alkyl halides is 1. The summed E-state index contributed by atoms with van der Waals surface area (Å²) < 4.78 is 5.66.